The number of nitrogens with one attached hydrogen (secondary N) is 1. The third-order valence-corrected chi connectivity index (χ3v) is 4.10. The molecule has 0 spiro atoms. The lowest BCUT2D eigenvalue weighted by atomic mass is 9.85. The SMILES string of the molecule is Cc1c(CNC2CCCCC2C#N)cccc1[N+](=O)[O-]. The molecule has 1 aliphatic carbocycles. The molecule has 0 aliphatic heterocycles. The molecule has 0 amide bonds. The van der Waals surface area contributed by atoms with Crippen molar-refractivity contribution in [3.05, 3.63) is 39.4 Å². The van der Waals surface area contributed by atoms with Crippen LogP contribution >= 0.6 is 0 Å². The van der Waals surface area contributed by atoms with Crippen LogP contribution in [0.4, 0.5) is 5.69 Å². The molecule has 20 heavy (non-hydrogen) atoms. The van der Waals surface area contributed by atoms with E-state index in [1.54, 1.807) is 13.0 Å². The standard InChI is InChI=1S/C15H19N3O2/c1-11-13(6-4-8-15(11)18(19)20)10-17-14-7-3-2-5-12(14)9-16/h4,6,8,12,14,17H,2-3,5,7,10H2,1H3. The van der Waals surface area contributed by atoms with E-state index >= 15 is 0 Å². The van der Waals surface area contributed by atoms with E-state index in [-0.39, 0.29) is 22.6 Å². The van der Waals surface area contributed by atoms with Gasteiger partial charge in [-0.3, -0.25) is 10.1 Å². The Morgan fingerprint density at radius 2 is 2.20 bits per heavy atom. The molecule has 2 atom stereocenters. The molecular weight excluding hydrogens is 254 g/mol. The van der Waals surface area contributed by atoms with Gasteiger partial charge in [0.25, 0.3) is 5.69 Å². The molecule has 5 nitrogen and oxygen atoms in total. The Labute approximate surface area is 118 Å². The molecule has 0 heterocycles. The molecule has 1 aliphatic rings. The maximum Gasteiger partial charge on any atom is 0.272 e. The fourth-order valence-electron chi connectivity index (χ4n) is 2.83. The first-order valence-corrected chi connectivity index (χ1v) is 6.99. The van der Waals surface area contributed by atoms with E-state index in [0.29, 0.717) is 12.1 Å². The first-order chi connectivity index (χ1) is 9.63. The van der Waals surface area contributed by atoms with Crippen LogP contribution in [-0.2, 0) is 6.54 Å². The zero-order chi connectivity index (χ0) is 14.5. The lowest BCUT2D eigenvalue weighted by Crippen LogP contribution is -2.37. The van der Waals surface area contributed by atoms with Crippen molar-refractivity contribution in [1.29, 1.82) is 5.26 Å². The Morgan fingerprint density at radius 3 is 2.90 bits per heavy atom. The van der Waals surface area contributed by atoms with Crippen LogP contribution in [0.2, 0.25) is 0 Å². The van der Waals surface area contributed by atoms with Gasteiger partial charge in [0.2, 0.25) is 0 Å². The molecule has 1 N–H and O–H groups in total. The fraction of sp³-hybridized carbons (Fsp3) is 0.533. The molecular formula is C15H19N3O2. The number of nitro benzene ring substituents is 1. The minimum atomic E-state index is -0.350. The van der Waals surface area contributed by atoms with Crippen LogP contribution in [-0.4, -0.2) is 11.0 Å². The van der Waals surface area contributed by atoms with Gasteiger partial charge in [-0.05, 0) is 25.3 Å². The van der Waals surface area contributed by atoms with Gasteiger partial charge in [0.15, 0.2) is 0 Å². The van der Waals surface area contributed by atoms with Crippen molar-refractivity contribution in [2.24, 2.45) is 5.92 Å². The highest BCUT2D eigenvalue weighted by Gasteiger charge is 2.24. The van der Waals surface area contributed by atoms with Crippen molar-refractivity contribution in [2.75, 3.05) is 0 Å². The van der Waals surface area contributed by atoms with Gasteiger partial charge < -0.3 is 5.32 Å². The Hall–Kier alpha value is -1.93. The van der Waals surface area contributed by atoms with Crippen molar-refractivity contribution in [2.45, 2.75) is 45.2 Å². The summed E-state index contributed by atoms with van der Waals surface area (Å²) < 4.78 is 0. The minimum Gasteiger partial charge on any atom is -0.309 e. The van der Waals surface area contributed by atoms with Crippen LogP contribution in [0.3, 0.4) is 0 Å². The van der Waals surface area contributed by atoms with Gasteiger partial charge >= 0.3 is 0 Å². The van der Waals surface area contributed by atoms with Crippen LogP contribution in [0.1, 0.15) is 36.8 Å². The van der Waals surface area contributed by atoms with E-state index in [1.807, 2.05) is 6.07 Å². The van der Waals surface area contributed by atoms with Gasteiger partial charge in [-0.25, -0.2) is 0 Å². The lowest BCUT2D eigenvalue weighted by molar-refractivity contribution is -0.385. The number of nitrogens with zero attached hydrogens (tertiary/aromatic N) is 2. The minimum absolute atomic E-state index is 0.0581. The molecule has 1 aromatic rings. The number of hydrogen-bond donors (Lipinski definition) is 1. The first kappa shape index (κ1) is 14.5. The largest absolute Gasteiger partial charge is 0.309 e. The molecule has 0 aromatic heterocycles. The van der Waals surface area contributed by atoms with Crippen LogP contribution < -0.4 is 5.32 Å². The zero-order valence-corrected chi connectivity index (χ0v) is 11.6. The predicted octanol–water partition coefficient (Wildman–Crippen LogP) is 3.08. The van der Waals surface area contributed by atoms with E-state index in [1.165, 1.54) is 6.07 Å². The summed E-state index contributed by atoms with van der Waals surface area (Å²) in [6.07, 6.45) is 4.21. The Balaban J connectivity index is 2.05. The van der Waals surface area contributed by atoms with Gasteiger partial charge in [0.05, 0.1) is 16.9 Å². The summed E-state index contributed by atoms with van der Waals surface area (Å²) in [4.78, 5) is 10.6. The van der Waals surface area contributed by atoms with Gasteiger partial charge in [0.1, 0.15) is 0 Å². The Bertz CT molecular complexity index is 536. The second-order valence-electron chi connectivity index (χ2n) is 5.33. The van der Waals surface area contributed by atoms with E-state index in [0.717, 1.165) is 31.2 Å². The summed E-state index contributed by atoms with van der Waals surface area (Å²) in [6, 6.07) is 7.71. The van der Waals surface area contributed by atoms with Crippen molar-refractivity contribution < 1.29 is 4.92 Å². The maximum atomic E-state index is 10.9. The summed E-state index contributed by atoms with van der Waals surface area (Å²) in [5.74, 6) is 0.0581. The Morgan fingerprint density at radius 1 is 1.45 bits per heavy atom. The van der Waals surface area contributed by atoms with Crippen molar-refractivity contribution >= 4 is 5.69 Å². The maximum absolute atomic E-state index is 10.9. The summed E-state index contributed by atoms with van der Waals surface area (Å²) in [7, 11) is 0. The second kappa shape index (κ2) is 6.49. The number of nitriles is 1. The van der Waals surface area contributed by atoms with E-state index in [2.05, 4.69) is 11.4 Å². The molecule has 2 unspecified atom stereocenters. The summed E-state index contributed by atoms with van der Waals surface area (Å²) >= 11 is 0. The van der Waals surface area contributed by atoms with E-state index in [9.17, 15) is 10.1 Å². The quantitative estimate of drug-likeness (QED) is 0.675. The van der Waals surface area contributed by atoms with Crippen LogP contribution in [0, 0.1) is 34.3 Å². The number of rotatable bonds is 4. The van der Waals surface area contributed by atoms with Crippen molar-refractivity contribution in [3.63, 3.8) is 0 Å². The van der Waals surface area contributed by atoms with Crippen molar-refractivity contribution in [1.82, 2.24) is 5.32 Å². The summed E-state index contributed by atoms with van der Waals surface area (Å²) in [5.41, 5.74) is 1.79. The highest BCUT2D eigenvalue weighted by Crippen LogP contribution is 2.25. The van der Waals surface area contributed by atoms with E-state index in [4.69, 9.17) is 5.26 Å². The number of benzene rings is 1. The topological polar surface area (TPSA) is 79.0 Å². The summed E-state index contributed by atoms with van der Waals surface area (Å²) in [6.45, 7) is 2.36. The Kier molecular flexibility index (Phi) is 4.70. The molecule has 2 rings (SSSR count). The average Bonchev–Trinajstić information content (AvgIpc) is 2.46. The molecule has 0 bridgehead atoms. The average molecular weight is 273 g/mol. The van der Waals surface area contributed by atoms with E-state index < -0.39 is 0 Å². The molecule has 106 valence electrons. The van der Waals surface area contributed by atoms with Gasteiger partial charge in [-0.15, -0.1) is 0 Å². The molecule has 1 saturated carbocycles. The normalized spacial score (nSPS) is 22.2. The van der Waals surface area contributed by atoms with Crippen molar-refractivity contribution in [3.8, 4) is 6.07 Å². The van der Waals surface area contributed by atoms with Crippen LogP contribution in [0.25, 0.3) is 0 Å². The molecule has 1 fully saturated rings. The fourth-order valence-corrected chi connectivity index (χ4v) is 2.83. The lowest BCUT2D eigenvalue weighted by Gasteiger charge is -2.27. The van der Waals surface area contributed by atoms with Gasteiger partial charge in [0, 0.05) is 24.2 Å². The third kappa shape index (κ3) is 3.14. The van der Waals surface area contributed by atoms with Gasteiger partial charge in [-0.2, -0.15) is 5.26 Å². The van der Waals surface area contributed by atoms with Crippen LogP contribution in [0.5, 0.6) is 0 Å². The first-order valence-electron chi connectivity index (χ1n) is 6.99. The summed E-state index contributed by atoms with van der Waals surface area (Å²) in [5, 5.41) is 23.5. The third-order valence-electron chi connectivity index (χ3n) is 4.10. The number of nitro groups is 1. The second-order valence-corrected chi connectivity index (χ2v) is 5.33. The zero-order valence-electron chi connectivity index (χ0n) is 11.6. The molecule has 0 saturated heterocycles. The number of hydrogen-bond acceptors (Lipinski definition) is 4. The highest BCUT2D eigenvalue weighted by atomic mass is 16.6. The predicted molar refractivity (Wildman–Crippen MR) is 76.0 cm³/mol. The smallest absolute Gasteiger partial charge is 0.272 e. The van der Waals surface area contributed by atoms with Gasteiger partial charge in [-0.1, -0.05) is 25.0 Å². The van der Waals surface area contributed by atoms with Crippen LogP contribution in [0.15, 0.2) is 18.2 Å². The highest BCUT2D eigenvalue weighted by molar-refractivity contribution is 5.44. The monoisotopic (exact) mass is 273 g/mol. The molecule has 1 aromatic carbocycles. The molecule has 0 radical (unpaired) electrons. The molecule has 5 heteroatoms.